The summed E-state index contributed by atoms with van der Waals surface area (Å²) in [6.07, 6.45) is 0.414. The molecule has 0 unspecified atom stereocenters. The molecule has 0 N–H and O–H groups in total. The van der Waals surface area contributed by atoms with Gasteiger partial charge in [0.25, 0.3) is 8.53 Å². The van der Waals surface area contributed by atoms with Crippen LogP contribution in [-0.2, 0) is 61.8 Å². The molecule has 0 aliphatic heterocycles. The minimum atomic E-state index is -3.12. The van der Waals surface area contributed by atoms with Gasteiger partial charge < -0.3 is 27.1 Å². The van der Waals surface area contributed by atoms with Gasteiger partial charge in [0, 0.05) is 40.5 Å². The molecule has 0 aromatic heterocycles. The molecular weight excluding hydrogens is 547 g/mol. The van der Waals surface area contributed by atoms with Crippen molar-refractivity contribution in [3.05, 3.63) is 70.8 Å². The molecule has 0 fully saturated rings. The molecule has 38 heavy (non-hydrogen) atoms. The van der Waals surface area contributed by atoms with Gasteiger partial charge in [0.2, 0.25) is 0 Å². The Balaban J connectivity index is 2.08. The molecule has 0 saturated heterocycles. The standard InChI is InChI=1S/C26H42NO8P3/c1-21(2)27(22(3)4)36(34-17-23-9-13-25(14-10-23)19-37(28,30-5)31-6)35-18-24-11-15-26(16-12-24)20-38(29,32-7)33-8/h9-16,21-22H,17-20H2,1-8H3. The topological polar surface area (TPSA) is 92.8 Å². The van der Waals surface area contributed by atoms with E-state index in [2.05, 4.69) is 32.4 Å². The lowest BCUT2D eigenvalue weighted by molar-refractivity contribution is 0.164. The van der Waals surface area contributed by atoms with Gasteiger partial charge >= 0.3 is 15.2 Å². The van der Waals surface area contributed by atoms with Crippen molar-refractivity contribution in [3.63, 3.8) is 0 Å². The molecule has 0 amide bonds. The van der Waals surface area contributed by atoms with Gasteiger partial charge in [0.1, 0.15) is 0 Å². The largest absolute Gasteiger partial charge is 0.334 e. The van der Waals surface area contributed by atoms with E-state index in [9.17, 15) is 9.13 Å². The first-order valence-electron chi connectivity index (χ1n) is 12.4. The molecule has 214 valence electrons. The van der Waals surface area contributed by atoms with E-state index in [0.29, 0.717) is 13.2 Å². The van der Waals surface area contributed by atoms with E-state index < -0.39 is 23.7 Å². The van der Waals surface area contributed by atoms with Gasteiger partial charge in [-0.1, -0.05) is 48.5 Å². The quantitative estimate of drug-likeness (QED) is 0.172. The van der Waals surface area contributed by atoms with Crippen LogP contribution in [0.4, 0.5) is 0 Å². The Bertz CT molecular complexity index is 964. The molecule has 0 atom stereocenters. The van der Waals surface area contributed by atoms with Crippen molar-refractivity contribution in [1.82, 2.24) is 4.67 Å². The van der Waals surface area contributed by atoms with Gasteiger partial charge in [-0.2, -0.15) is 0 Å². The van der Waals surface area contributed by atoms with Crippen LogP contribution < -0.4 is 0 Å². The normalized spacial score (nSPS) is 12.8. The van der Waals surface area contributed by atoms with Crippen LogP contribution >= 0.6 is 23.7 Å². The average Bonchev–Trinajstić information content (AvgIpc) is 2.91. The van der Waals surface area contributed by atoms with Crippen LogP contribution in [0.5, 0.6) is 0 Å². The summed E-state index contributed by atoms with van der Waals surface area (Å²) >= 11 is 0. The van der Waals surface area contributed by atoms with E-state index in [1.165, 1.54) is 28.4 Å². The van der Waals surface area contributed by atoms with Gasteiger partial charge in [-0.25, -0.2) is 4.67 Å². The molecule has 0 heterocycles. The van der Waals surface area contributed by atoms with Crippen LogP contribution in [0.2, 0.25) is 0 Å². The highest BCUT2D eigenvalue weighted by Crippen LogP contribution is 2.51. The minimum Gasteiger partial charge on any atom is -0.317 e. The Kier molecular flexibility index (Phi) is 13.8. The fraction of sp³-hybridized carbons (Fsp3) is 0.538. The molecule has 2 aromatic carbocycles. The highest BCUT2D eigenvalue weighted by atomic mass is 31.2. The summed E-state index contributed by atoms with van der Waals surface area (Å²) in [5.41, 5.74) is 3.68. The lowest BCUT2D eigenvalue weighted by Crippen LogP contribution is -2.33. The SMILES string of the molecule is COP(=O)(Cc1ccc(COP(OCc2ccc(CP(=O)(OC)OC)cc2)N(C(C)C)C(C)C)cc1)OC. The summed E-state index contributed by atoms with van der Waals surface area (Å²) in [5, 5.41) is 0. The lowest BCUT2D eigenvalue weighted by Gasteiger charge is -2.35. The zero-order chi connectivity index (χ0) is 28.3. The third-order valence-electron chi connectivity index (χ3n) is 5.84. The monoisotopic (exact) mass is 589 g/mol. The zero-order valence-electron chi connectivity index (χ0n) is 23.7. The van der Waals surface area contributed by atoms with E-state index in [4.69, 9.17) is 27.1 Å². The maximum absolute atomic E-state index is 12.4. The van der Waals surface area contributed by atoms with E-state index in [1.54, 1.807) is 0 Å². The molecule has 9 nitrogen and oxygen atoms in total. The van der Waals surface area contributed by atoms with Crippen molar-refractivity contribution in [2.24, 2.45) is 0 Å². The van der Waals surface area contributed by atoms with Crippen molar-refractivity contribution in [1.29, 1.82) is 0 Å². The second-order valence-corrected chi connectivity index (χ2v) is 15.2. The van der Waals surface area contributed by atoms with Crippen molar-refractivity contribution >= 4 is 23.7 Å². The minimum absolute atomic E-state index is 0.207. The number of hydrogen-bond donors (Lipinski definition) is 0. The molecule has 0 saturated carbocycles. The van der Waals surface area contributed by atoms with E-state index in [1.807, 2.05) is 48.5 Å². The summed E-state index contributed by atoms with van der Waals surface area (Å²) in [5.74, 6) is 0. The first-order valence-corrected chi connectivity index (χ1v) is 17.0. The van der Waals surface area contributed by atoms with Crippen LogP contribution in [0.3, 0.4) is 0 Å². The molecule has 0 aliphatic carbocycles. The van der Waals surface area contributed by atoms with Gasteiger partial charge in [-0.3, -0.25) is 9.13 Å². The van der Waals surface area contributed by atoms with Crippen molar-refractivity contribution in [2.75, 3.05) is 28.4 Å². The van der Waals surface area contributed by atoms with Gasteiger partial charge in [-0.05, 0) is 49.9 Å². The Morgan fingerprint density at radius 2 is 0.895 bits per heavy atom. The van der Waals surface area contributed by atoms with E-state index in [0.717, 1.165) is 22.3 Å². The number of rotatable bonds is 17. The predicted octanol–water partition coefficient (Wildman–Crippen LogP) is 7.74. The molecule has 12 heteroatoms. The second-order valence-electron chi connectivity index (χ2n) is 9.25. The van der Waals surface area contributed by atoms with Crippen LogP contribution in [0.15, 0.2) is 48.5 Å². The number of nitrogens with zero attached hydrogens (tertiary/aromatic N) is 1. The van der Waals surface area contributed by atoms with Gasteiger partial charge in [0.05, 0.1) is 25.5 Å². The first kappa shape index (κ1) is 33.3. The maximum Gasteiger partial charge on any atom is 0.334 e. The highest BCUT2D eigenvalue weighted by molar-refractivity contribution is 7.53. The smallest absolute Gasteiger partial charge is 0.317 e. The van der Waals surface area contributed by atoms with Gasteiger partial charge in [0.15, 0.2) is 0 Å². The Labute approximate surface area is 229 Å². The Morgan fingerprint density at radius 3 is 1.16 bits per heavy atom. The molecule has 0 aliphatic rings. The summed E-state index contributed by atoms with van der Waals surface area (Å²) in [7, 11) is -2.05. The predicted molar refractivity (Wildman–Crippen MR) is 152 cm³/mol. The van der Waals surface area contributed by atoms with Crippen molar-refractivity contribution in [2.45, 2.75) is 65.3 Å². The van der Waals surface area contributed by atoms with Crippen LogP contribution in [0.1, 0.15) is 49.9 Å². The molecule has 2 rings (SSSR count). The zero-order valence-corrected chi connectivity index (χ0v) is 26.3. The van der Waals surface area contributed by atoms with Crippen molar-refractivity contribution < 1.29 is 36.3 Å². The average molecular weight is 590 g/mol. The van der Waals surface area contributed by atoms with Crippen molar-refractivity contribution in [3.8, 4) is 0 Å². The molecule has 0 bridgehead atoms. The number of benzene rings is 2. The second kappa shape index (κ2) is 15.7. The maximum atomic E-state index is 12.4. The Morgan fingerprint density at radius 1 is 0.605 bits per heavy atom. The molecule has 0 radical (unpaired) electrons. The fourth-order valence-electron chi connectivity index (χ4n) is 3.74. The third kappa shape index (κ3) is 10.2. The highest BCUT2D eigenvalue weighted by Gasteiger charge is 2.28. The molecular formula is C26H42NO8P3. The molecule has 0 spiro atoms. The Hall–Kier alpha value is -0.950. The summed E-state index contributed by atoms with van der Waals surface area (Å²) < 4.78 is 59.9. The van der Waals surface area contributed by atoms with Crippen LogP contribution in [0, 0.1) is 0 Å². The first-order chi connectivity index (χ1) is 18.0. The summed E-state index contributed by atoms with van der Waals surface area (Å²) in [4.78, 5) is 0. The van der Waals surface area contributed by atoms with E-state index >= 15 is 0 Å². The molecule has 2 aromatic rings. The van der Waals surface area contributed by atoms with Crippen LogP contribution in [0.25, 0.3) is 0 Å². The fourth-order valence-corrected chi connectivity index (χ4v) is 7.48. The summed E-state index contributed by atoms with van der Waals surface area (Å²) in [6.45, 7) is 9.24. The third-order valence-corrected chi connectivity index (χ3v) is 11.6. The lowest BCUT2D eigenvalue weighted by atomic mass is 10.2. The van der Waals surface area contributed by atoms with Crippen LogP contribution in [-0.4, -0.2) is 45.2 Å². The number of hydrogen-bond acceptors (Lipinski definition) is 9. The van der Waals surface area contributed by atoms with E-state index in [-0.39, 0.29) is 24.4 Å². The van der Waals surface area contributed by atoms with Gasteiger partial charge in [-0.15, -0.1) is 0 Å². The summed E-state index contributed by atoms with van der Waals surface area (Å²) in [6, 6.07) is 15.9.